The Bertz CT molecular complexity index is 1020. The molecule has 0 aliphatic heterocycles. The van der Waals surface area contributed by atoms with Crippen LogP contribution in [0.15, 0.2) is 71.8 Å². The van der Waals surface area contributed by atoms with E-state index in [4.69, 9.17) is 4.74 Å². The fraction of sp³-hybridized carbons (Fsp3) is 0.130. The van der Waals surface area contributed by atoms with Gasteiger partial charge >= 0.3 is 0 Å². The third kappa shape index (κ3) is 6.67. The Balaban J connectivity index is 1.52. The van der Waals surface area contributed by atoms with Crippen molar-refractivity contribution in [1.82, 2.24) is 5.43 Å². The molecule has 6 heteroatoms. The maximum absolute atomic E-state index is 12.9. The highest BCUT2D eigenvalue weighted by molar-refractivity contribution is 14.1. The summed E-state index contributed by atoms with van der Waals surface area (Å²) in [6.07, 6.45) is 1.72. The van der Waals surface area contributed by atoms with Gasteiger partial charge in [0.25, 0.3) is 0 Å². The molecule has 0 saturated heterocycles. The molecule has 0 aliphatic rings. The van der Waals surface area contributed by atoms with Gasteiger partial charge in [0.05, 0.1) is 16.2 Å². The number of hydrogen-bond donors (Lipinski definition) is 1. The number of hydrogen-bond acceptors (Lipinski definition) is 3. The Morgan fingerprint density at radius 1 is 1.10 bits per heavy atom. The number of nitrogens with one attached hydrogen (secondary N) is 1. The van der Waals surface area contributed by atoms with Crippen LogP contribution in [0.5, 0.6) is 5.75 Å². The minimum Gasteiger partial charge on any atom is -0.488 e. The molecule has 0 aromatic heterocycles. The zero-order valence-electron chi connectivity index (χ0n) is 15.9. The zero-order valence-corrected chi connectivity index (χ0v) is 18.0. The van der Waals surface area contributed by atoms with Gasteiger partial charge < -0.3 is 4.74 Å². The van der Waals surface area contributed by atoms with Crippen molar-refractivity contribution in [2.45, 2.75) is 20.0 Å². The lowest BCUT2D eigenvalue weighted by molar-refractivity contribution is -0.120. The first kappa shape index (κ1) is 21.0. The lowest BCUT2D eigenvalue weighted by Gasteiger charge is -2.09. The second-order valence-electron chi connectivity index (χ2n) is 6.56. The van der Waals surface area contributed by atoms with Gasteiger partial charge in [-0.25, -0.2) is 9.82 Å². The molecule has 0 heterocycles. The predicted octanol–water partition coefficient (Wildman–Crippen LogP) is 5.01. The summed E-state index contributed by atoms with van der Waals surface area (Å²) in [6.45, 7) is 2.56. The number of rotatable bonds is 7. The first-order chi connectivity index (χ1) is 14.0. The highest BCUT2D eigenvalue weighted by atomic mass is 127. The van der Waals surface area contributed by atoms with Crippen molar-refractivity contribution >= 4 is 34.7 Å². The standard InChI is InChI=1S/C23H20FIN2O2/c1-16-3-2-4-19(11-16)15-29-22-10-7-18(12-21(22)25)14-26-27-23(28)13-17-5-8-20(24)9-6-17/h2-12,14H,13,15H2,1H3,(H,27,28)/b26-14+. The summed E-state index contributed by atoms with van der Waals surface area (Å²) in [7, 11) is 0. The highest BCUT2D eigenvalue weighted by Crippen LogP contribution is 2.22. The second kappa shape index (κ2) is 10.2. The van der Waals surface area contributed by atoms with Crippen LogP contribution in [-0.2, 0) is 17.8 Å². The molecule has 4 nitrogen and oxygen atoms in total. The Morgan fingerprint density at radius 2 is 1.90 bits per heavy atom. The quantitative estimate of drug-likeness (QED) is 0.281. The molecule has 1 N–H and O–H groups in total. The van der Waals surface area contributed by atoms with Crippen LogP contribution in [0.3, 0.4) is 0 Å². The van der Waals surface area contributed by atoms with Crippen molar-refractivity contribution in [1.29, 1.82) is 0 Å². The van der Waals surface area contributed by atoms with Crippen molar-refractivity contribution in [2.24, 2.45) is 5.10 Å². The molecule has 0 fully saturated rings. The van der Waals surface area contributed by atoms with E-state index in [1.807, 2.05) is 30.3 Å². The molecule has 3 rings (SSSR count). The third-order valence-corrected chi connectivity index (χ3v) is 4.96. The van der Waals surface area contributed by atoms with E-state index in [9.17, 15) is 9.18 Å². The van der Waals surface area contributed by atoms with Gasteiger partial charge in [0, 0.05) is 0 Å². The van der Waals surface area contributed by atoms with Crippen LogP contribution in [0, 0.1) is 16.3 Å². The van der Waals surface area contributed by atoms with Gasteiger partial charge in [-0.1, -0.05) is 42.0 Å². The molecule has 0 radical (unpaired) electrons. The number of carbonyl (C=O) groups is 1. The molecule has 0 unspecified atom stereocenters. The van der Waals surface area contributed by atoms with Gasteiger partial charge in [-0.15, -0.1) is 0 Å². The number of ether oxygens (including phenoxy) is 1. The Labute approximate surface area is 182 Å². The number of halogens is 2. The molecule has 0 saturated carbocycles. The first-order valence-corrected chi connectivity index (χ1v) is 10.1. The van der Waals surface area contributed by atoms with Crippen LogP contribution < -0.4 is 10.2 Å². The van der Waals surface area contributed by atoms with Crippen molar-refractivity contribution in [3.05, 3.63) is 98.4 Å². The average molecular weight is 502 g/mol. The molecule has 0 atom stereocenters. The summed E-state index contributed by atoms with van der Waals surface area (Å²) >= 11 is 2.21. The van der Waals surface area contributed by atoms with Crippen molar-refractivity contribution < 1.29 is 13.9 Å². The highest BCUT2D eigenvalue weighted by Gasteiger charge is 2.04. The van der Waals surface area contributed by atoms with Gasteiger partial charge in [0.2, 0.25) is 5.91 Å². The average Bonchev–Trinajstić information content (AvgIpc) is 2.69. The Morgan fingerprint density at radius 3 is 2.62 bits per heavy atom. The summed E-state index contributed by atoms with van der Waals surface area (Å²) < 4.78 is 19.7. The Hall–Kier alpha value is -2.74. The van der Waals surface area contributed by atoms with E-state index in [0.29, 0.717) is 6.61 Å². The Kier molecular flexibility index (Phi) is 7.35. The molecular formula is C23H20FIN2O2. The number of benzene rings is 3. The fourth-order valence-electron chi connectivity index (χ4n) is 2.68. The smallest absolute Gasteiger partial charge is 0.244 e. The summed E-state index contributed by atoms with van der Waals surface area (Å²) in [5.41, 5.74) is 6.38. The molecule has 0 bridgehead atoms. The number of nitrogens with zero attached hydrogens (tertiary/aromatic N) is 1. The molecule has 0 spiro atoms. The van der Waals surface area contributed by atoms with E-state index in [1.165, 1.54) is 17.7 Å². The van der Waals surface area contributed by atoms with Crippen LogP contribution in [0.2, 0.25) is 0 Å². The van der Waals surface area contributed by atoms with Crippen LogP contribution in [-0.4, -0.2) is 12.1 Å². The monoisotopic (exact) mass is 502 g/mol. The van der Waals surface area contributed by atoms with E-state index >= 15 is 0 Å². The number of hydrazone groups is 1. The molecule has 148 valence electrons. The van der Waals surface area contributed by atoms with Gasteiger partial charge in [0.15, 0.2) is 0 Å². The normalized spacial score (nSPS) is 10.9. The predicted molar refractivity (Wildman–Crippen MR) is 121 cm³/mol. The lowest BCUT2D eigenvalue weighted by atomic mass is 10.1. The van der Waals surface area contributed by atoms with E-state index in [-0.39, 0.29) is 18.1 Å². The lowest BCUT2D eigenvalue weighted by Crippen LogP contribution is -2.19. The van der Waals surface area contributed by atoms with Crippen LogP contribution in [0.1, 0.15) is 22.3 Å². The molecule has 3 aromatic rings. The third-order valence-electron chi connectivity index (χ3n) is 4.11. The summed E-state index contributed by atoms with van der Waals surface area (Å²) in [4.78, 5) is 11.9. The summed E-state index contributed by atoms with van der Waals surface area (Å²) in [6, 6.07) is 19.7. The molecule has 3 aromatic carbocycles. The number of carbonyl (C=O) groups excluding carboxylic acids is 1. The topological polar surface area (TPSA) is 50.7 Å². The first-order valence-electron chi connectivity index (χ1n) is 9.04. The van der Waals surface area contributed by atoms with Gasteiger partial charge in [-0.2, -0.15) is 5.10 Å². The minimum atomic E-state index is -0.326. The number of amides is 1. The van der Waals surface area contributed by atoms with E-state index in [0.717, 1.165) is 26.0 Å². The van der Waals surface area contributed by atoms with Crippen molar-refractivity contribution in [3.8, 4) is 5.75 Å². The minimum absolute atomic E-state index is 0.140. The van der Waals surface area contributed by atoms with E-state index in [2.05, 4.69) is 52.2 Å². The van der Waals surface area contributed by atoms with E-state index < -0.39 is 0 Å². The van der Waals surface area contributed by atoms with Gasteiger partial charge in [-0.3, -0.25) is 4.79 Å². The van der Waals surface area contributed by atoms with E-state index in [1.54, 1.807) is 18.3 Å². The maximum Gasteiger partial charge on any atom is 0.244 e. The number of aryl methyl sites for hydroxylation is 1. The summed E-state index contributed by atoms with van der Waals surface area (Å²) in [5, 5.41) is 3.99. The zero-order chi connectivity index (χ0) is 20.6. The molecular weight excluding hydrogens is 482 g/mol. The van der Waals surface area contributed by atoms with Gasteiger partial charge in [0.1, 0.15) is 18.2 Å². The van der Waals surface area contributed by atoms with Crippen molar-refractivity contribution in [2.75, 3.05) is 0 Å². The largest absolute Gasteiger partial charge is 0.488 e. The fourth-order valence-corrected chi connectivity index (χ4v) is 3.38. The van der Waals surface area contributed by atoms with Crippen LogP contribution in [0.4, 0.5) is 4.39 Å². The maximum atomic E-state index is 12.9. The van der Waals surface area contributed by atoms with Gasteiger partial charge in [-0.05, 0) is 76.5 Å². The molecule has 29 heavy (non-hydrogen) atoms. The van der Waals surface area contributed by atoms with Crippen LogP contribution >= 0.6 is 22.6 Å². The van der Waals surface area contributed by atoms with Crippen molar-refractivity contribution in [3.63, 3.8) is 0 Å². The SMILES string of the molecule is Cc1cccc(COc2ccc(/C=N/NC(=O)Cc3ccc(F)cc3)cc2I)c1. The molecule has 0 aliphatic carbocycles. The van der Waals surface area contributed by atoms with Crippen LogP contribution in [0.25, 0.3) is 0 Å². The second-order valence-corrected chi connectivity index (χ2v) is 7.73. The summed E-state index contributed by atoms with van der Waals surface area (Å²) in [5.74, 6) is 0.207. The molecule has 1 amide bonds.